The van der Waals surface area contributed by atoms with Gasteiger partial charge in [0.25, 0.3) is 0 Å². The summed E-state index contributed by atoms with van der Waals surface area (Å²) in [5.74, 6) is 0.748. The lowest BCUT2D eigenvalue weighted by Gasteiger charge is -2.07. The molecule has 1 aliphatic heterocycles. The van der Waals surface area contributed by atoms with Crippen molar-refractivity contribution in [3.63, 3.8) is 0 Å². The van der Waals surface area contributed by atoms with E-state index in [0.717, 1.165) is 31.8 Å². The molecule has 0 amide bonds. The second-order valence-corrected chi connectivity index (χ2v) is 5.24. The third-order valence-corrected chi connectivity index (χ3v) is 2.93. The molecule has 0 aromatic carbocycles. The summed E-state index contributed by atoms with van der Waals surface area (Å²) in [7, 11) is 0. The fourth-order valence-corrected chi connectivity index (χ4v) is 2.00. The van der Waals surface area contributed by atoms with Crippen LogP contribution in [0.3, 0.4) is 0 Å². The van der Waals surface area contributed by atoms with Crippen molar-refractivity contribution in [2.24, 2.45) is 5.92 Å². The zero-order chi connectivity index (χ0) is 11.8. The lowest BCUT2D eigenvalue weighted by Crippen LogP contribution is -2.20. The molecular formula is C14H27NO. The molecule has 0 aromatic rings. The molecule has 0 radical (unpaired) electrons. The monoisotopic (exact) mass is 225 g/mol. The van der Waals surface area contributed by atoms with Crippen molar-refractivity contribution in [2.75, 3.05) is 13.1 Å². The molecule has 2 atom stereocenters. The first-order chi connectivity index (χ1) is 7.68. The number of hydrogen-bond acceptors (Lipinski definition) is 2. The Labute approximate surface area is 100 Å². The van der Waals surface area contributed by atoms with E-state index in [-0.39, 0.29) is 0 Å². The van der Waals surface area contributed by atoms with Crippen LogP contribution in [0.25, 0.3) is 0 Å². The molecule has 1 saturated heterocycles. The van der Waals surface area contributed by atoms with Crippen molar-refractivity contribution in [1.29, 1.82) is 0 Å². The molecule has 0 saturated carbocycles. The predicted molar refractivity (Wildman–Crippen MR) is 69.7 cm³/mol. The molecule has 0 bridgehead atoms. The zero-order valence-electron chi connectivity index (χ0n) is 11.0. The summed E-state index contributed by atoms with van der Waals surface area (Å²) < 4.78 is 5.75. The molecule has 16 heavy (non-hydrogen) atoms. The molecule has 1 N–H and O–H groups in total. The van der Waals surface area contributed by atoms with Gasteiger partial charge in [-0.2, -0.15) is 0 Å². The molecule has 2 nitrogen and oxygen atoms in total. The van der Waals surface area contributed by atoms with E-state index in [2.05, 4.69) is 38.2 Å². The van der Waals surface area contributed by atoms with Crippen LogP contribution in [-0.2, 0) is 4.74 Å². The molecule has 0 aromatic heterocycles. The van der Waals surface area contributed by atoms with Crippen molar-refractivity contribution in [2.45, 2.75) is 58.7 Å². The quantitative estimate of drug-likeness (QED) is 0.531. The predicted octanol–water partition coefficient (Wildman–Crippen LogP) is 3.14. The molecule has 0 spiro atoms. The molecule has 1 heterocycles. The fourth-order valence-electron chi connectivity index (χ4n) is 2.00. The normalized spacial score (nSPS) is 26.0. The first-order valence-electron chi connectivity index (χ1n) is 6.69. The van der Waals surface area contributed by atoms with Gasteiger partial charge in [0.1, 0.15) is 0 Å². The molecule has 2 heteroatoms. The maximum atomic E-state index is 5.75. The van der Waals surface area contributed by atoms with Crippen LogP contribution < -0.4 is 5.32 Å². The van der Waals surface area contributed by atoms with Gasteiger partial charge in [-0.25, -0.2) is 0 Å². The van der Waals surface area contributed by atoms with Gasteiger partial charge >= 0.3 is 0 Å². The van der Waals surface area contributed by atoms with Crippen LogP contribution in [0.5, 0.6) is 0 Å². The highest BCUT2D eigenvalue weighted by Crippen LogP contribution is 2.21. The van der Waals surface area contributed by atoms with Gasteiger partial charge in [0.05, 0.1) is 12.2 Å². The summed E-state index contributed by atoms with van der Waals surface area (Å²) >= 11 is 0. The molecule has 1 rings (SSSR count). The van der Waals surface area contributed by atoms with Gasteiger partial charge in [-0.3, -0.25) is 0 Å². The maximum Gasteiger partial charge on any atom is 0.0614 e. The highest BCUT2D eigenvalue weighted by Gasteiger charge is 2.19. The Morgan fingerprint density at radius 1 is 1.31 bits per heavy atom. The molecule has 0 aliphatic carbocycles. The Balaban J connectivity index is 1.92. The lowest BCUT2D eigenvalue weighted by molar-refractivity contribution is 0.0579. The third kappa shape index (κ3) is 6.29. The average Bonchev–Trinajstić information content (AvgIpc) is 2.62. The van der Waals surface area contributed by atoms with Crippen molar-refractivity contribution in [3.8, 4) is 0 Å². The SMILES string of the molecule is CC(C)CNCC/C=C/CC1CCC(C)O1. The minimum absolute atomic E-state index is 0.478. The molecule has 94 valence electrons. The van der Waals surface area contributed by atoms with E-state index < -0.39 is 0 Å². The standard InChI is InChI=1S/C14H27NO/c1-12(2)11-15-10-6-4-5-7-14-9-8-13(3)16-14/h4-5,12-15H,6-11H2,1-3H3/b5-4+. The Hall–Kier alpha value is -0.340. The van der Waals surface area contributed by atoms with E-state index in [0.29, 0.717) is 12.2 Å². The summed E-state index contributed by atoms with van der Waals surface area (Å²) in [6.45, 7) is 8.86. The van der Waals surface area contributed by atoms with Crippen molar-refractivity contribution in [1.82, 2.24) is 5.32 Å². The summed E-state index contributed by atoms with van der Waals surface area (Å²) in [6, 6.07) is 0. The maximum absolute atomic E-state index is 5.75. The van der Waals surface area contributed by atoms with E-state index in [1.165, 1.54) is 12.8 Å². The lowest BCUT2D eigenvalue weighted by atomic mass is 10.1. The molecule has 2 unspecified atom stereocenters. The van der Waals surface area contributed by atoms with E-state index in [4.69, 9.17) is 4.74 Å². The molecule has 1 aliphatic rings. The fraction of sp³-hybridized carbons (Fsp3) is 0.857. The van der Waals surface area contributed by atoms with Gasteiger partial charge in [0.2, 0.25) is 0 Å². The number of rotatable bonds is 7. The largest absolute Gasteiger partial charge is 0.375 e. The second kappa shape index (κ2) is 7.86. The van der Waals surface area contributed by atoms with Crippen LogP contribution >= 0.6 is 0 Å². The summed E-state index contributed by atoms with van der Waals surface area (Å²) in [4.78, 5) is 0. The Morgan fingerprint density at radius 3 is 2.75 bits per heavy atom. The van der Waals surface area contributed by atoms with Gasteiger partial charge in [-0.1, -0.05) is 26.0 Å². The summed E-state index contributed by atoms with van der Waals surface area (Å²) in [5.41, 5.74) is 0. The minimum atomic E-state index is 0.478. The van der Waals surface area contributed by atoms with Gasteiger partial charge in [-0.15, -0.1) is 0 Å². The average molecular weight is 225 g/mol. The molecule has 1 fully saturated rings. The van der Waals surface area contributed by atoms with Gasteiger partial charge in [0.15, 0.2) is 0 Å². The Morgan fingerprint density at radius 2 is 2.12 bits per heavy atom. The first kappa shape index (κ1) is 13.7. The van der Waals surface area contributed by atoms with E-state index in [1.54, 1.807) is 0 Å². The van der Waals surface area contributed by atoms with Gasteiger partial charge in [0, 0.05) is 0 Å². The van der Waals surface area contributed by atoms with Crippen molar-refractivity contribution < 1.29 is 4.74 Å². The zero-order valence-corrected chi connectivity index (χ0v) is 11.0. The topological polar surface area (TPSA) is 21.3 Å². The molecular weight excluding hydrogens is 198 g/mol. The highest BCUT2D eigenvalue weighted by atomic mass is 16.5. The van der Waals surface area contributed by atoms with Crippen LogP contribution in [0, 0.1) is 5.92 Å². The number of nitrogens with one attached hydrogen (secondary N) is 1. The third-order valence-electron chi connectivity index (χ3n) is 2.93. The summed E-state index contributed by atoms with van der Waals surface area (Å²) in [6.07, 6.45) is 10.2. The van der Waals surface area contributed by atoms with E-state index in [9.17, 15) is 0 Å². The van der Waals surface area contributed by atoms with E-state index >= 15 is 0 Å². The van der Waals surface area contributed by atoms with E-state index in [1.807, 2.05) is 0 Å². The Kier molecular flexibility index (Phi) is 6.74. The van der Waals surface area contributed by atoms with Crippen LogP contribution in [0.15, 0.2) is 12.2 Å². The van der Waals surface area contributed by atoms with Crippen molar-refractivity contribution >= 4 is 0 Å². The van der Waals surface area contributed by atoms with Crippen LogP contribution in [0.1, 0.15) is 46.5 Å². The number of ether oxygens (including phenoxy) is 1. The second-order valence-electron chi connectivity index (χ2n) is 5.24. The number of hydrogen-bond donors (Lipinski definition) is 1. The minimum Gasteiger partial charge on any atom is -0.375 e. The van der Waals surface area contributed by atoms with Gasteiger partial charge < -0.3 is 10.1 Å². The Bertz CT molecular complexity index is 201. The van der Waals surface area contributed by atoms with Crippen LogP contribution in [0.2, 0.25) is 0 Å². The first-order valence-corrected chi connectivity index (χ1v) is 6.69. The smallest absolute Gasteiger partial charge is 0.0614 e. The highest BCUT2D eigenvalue weighted by molar-refractivity contribution is 4.87. The van der Waals surface area contributed by atoms with Crippen LogP contribution in [0.4, 0.5) is 0 Å². The van der Waals surface area contributed by atoms with Crippen molar-refractivity contribution in [3.05, 3.63) is 12.2 Å². The van der Waals surface area contributed by atoms with Crippen LogP contribution in [-0.4, -0.2) is 25.3 Å². The summed E-state index contributed by atoms with van der Waals surface area (Å²) in [5, 5.41) is 3.44. The van der Waals surface area contributed by atoms with Gasteiger partial charge in [-0.05, 0) is 51.6 Å².